The van der Waals surface area contributed by atoms with Crippen molar-refractivity contribution >= 4 is 68.7 Å². The number of hydrogen-bond donors (Lipinski definition) is 1. The Labute approximate surface area is 171 Å². The normalized spacial score (nSPS) is 10.6. The summed E-state index contributed by atoms with van der Waals surface area (Å²) in [4.78, 5) is 11.1. The molecule has 0 amide bonds. The molecule has 0 atom stereocenters. The summed E-state index contributed by atoms with van der Waals surface area (Å²) in [5.41, 5.74) is 3.14. The molecule has 0 fully saturated rings. The van der Waals surface area contributed by atoms with Gasteiger partial charge in [-0.25, -0.2) is 9.97 Å². The molecule has 4 rings (SSSR count). The van der Waals surface area contributed by atoms with E-state index in [1.807, 2.05) is 24.3 Å². The maximum atomic E-state index is 6.13. The van der Waals surface area contributed by atoms with Crippen molar-refractivity contribution in [3.8, 4) is 11.1 Å². The summed E-state index contributed by atoms with van der Waals surface area (Å²) in [5, 5.41) is 5.39. The number of halogens is 3. The Kier molecular flexibility index (Phi) is 5.68. The molecule has 7 heteroatoms. The molecule has 2 aromatic heterocycles. The number of nitrogens with one attached hydrogen (secondary N) is 1. The van der Waals surface area contributed by atoms with Crippen LogP contribution in [0.2, 0.25) is 10.0 Å². The molecule has 4 aromatic rings. The van der Waals surface area contributed by atoms with Crippen LogP contribution in [0.3, 0.4) is 0 Å². The molecule has 26 heavy (non-hydrogen) atoms. The second kappa shape index (κ2) is 7.80. The van der Waals surface area contributed by atoms with E-state index in [2.05, 4.69) is 34.3 Å². The van der Waals surface area contributed by atoms with Crippen LogP contribution < -0.4 is 5.32 Å². The third-order valence-corrected chi connectivity index (χ3v) is 5.66. The molecule has 0 aliphatic carbocycles. The predicted molar refractivity (Wildman–Crippen MR) is 115 cm³/mol. The zero-order chi connectivity index (χ0) is 17.4. The van der Waals surface area contributed by atoms with E-state index in [4.69, 9.17) is 23.2 Å². The number of thiophene rings is 1. The van der Waals surface area contributed by atoms with E-state index in [1.54, 1.807) is 29.8 Å². The molecular weight excluding hydrogens is 409 g/mol. The molecule has 0 spiro atoms. The Morgan fingerprint density at radius 3 is 2.46 bits per heavy atom. The van der Waals surface area contributed by atoms with Crippen LogP contribution >= 0.6 is 46.9 Å². The highest BCUT2D eigenvalue weighted by Gasteiger charge is 2.16. The fraction of sp³-hybridized carbons (Fsp3) is 0.0526. The Morgan fingerprint density at radius 1 is 0.962 bits per heavy atom. The van der Waals surface area contributed by atoms with E-state index in [-0.39, 0.29) is 12.4 Å². The first-order chi connectivity index (χ1) is 12.1. The molecule has 0 aliphatic rings. The lowest BCUT2D eigenvalue weighted by Gasteiger charge is -2.10. The van der Waals surface area contributed by atoms with Crippen molar-refractivity contribution in [1.29, 1.82) is 0 Å². The summed E-state index contributed by atoms with van der Waals surface area (Å²) in [7, 11) is 0. The van der Waals surface area contributed by atoms with Crippen molar-refractivity contribution in [2.24, 2.45) is 0 Å². The van der Waals surface area contributed by atoms with Gasteiger partial charge in [0, 0.05) is 16.1 Å². The molecule has 0 saturated heterocycles. The van der Waals surface area contributed by atoms with E-state index in [0.717, 1.165) is 32.8 Å². The van der Waals surface area contributed by atoms with E-state index < -0.39 is 0 Å². The van der Waals surface area contributed by atoms with Crippen LogP contribution in [0.1, 0.15) is 4.88 Å². The fourth-order valence-corrected chi connectivity index (χ4v) is 4.11. The number of benzene rings is 2. The molecule has 1 N–H and O–H groups in total. The lowest BCUT2D eigenvalue weighted by atomic mass is 10.0. The standard InChI is InChI=1S/C19H13Cl2N3S.ClH/c1-11-16(12-5-3-2-4-6-12)17-18(22-10-23-19(17)25-11)24-13-7-8-14(20)15(21)9-13;/h2-10H,1H3,(H,22,23,24);1H. The highest BCUT2D eigenvalue weighted by atomic mass is 35.5. The molecule has 2 heterocycles. The minimum atomic E-state index is 0. The van der Waals surface area contributed by atoms with Gasteiger partial charge in [-0.3, -0.25) is 0 Å². The number of anilines is 2. The SMILES string of the molecule is Cc1sc2ncnc(Nc3ccc(Cl)c(Cl)c3)c2c1-c1ccccc1.Cl. The zero-order valence-electron chi connectivity index (χ0n) is 13.7. The first-order valence-electron chi connectivity index (χ1n) is 7.65. The number of hydrogen-bond acceptors (Lipinski definition) is 4. The van der Waals surface area contributed by atoms with Crippen molar-refractivity contribution < 1.29 is 0 Å². The van der Waals surface area contributed by atoms with Gasteiger partial charge < -0.3 is 5.32 Å². The molecule has 3 nitrogen and oxygen atoms in total. The lowest BCUT2D eigenvalue weighted by Crippen LogP contribution is -1.95. The Morgan fingerprint density at radius 2 is 1.73 bits per heavy atom. The first-order valence-corrected chi connectivity index (χ1v) is 9.22. The average Bonchev–Trinajstić information content (AvgIpc) is 2.96. The molecule has 0 unspecified atom stereocenters. The van der Waals surface area contributed by atoms with Crippen LogP contribution in [0, 0.1) is 6.92 Å². The highest BCUT2D eigenvalue weighted by molar-refractivity contribution is 7.19. The summed E-state index contributed by atoms with van der Waals surface area (Å²) in [6, 6.07) is 15.7. The van der Waals surface area contributed by atoms with Gasteiger partial charge in [0.2, 0.25) is 0 Å². The topological polar surface area (TPSA) is 37.8 Å². The second-order valence-electron chi connectivity index (χ2n) is 5.56. The minimum absolute atomic E-state index is 0. The summed E-state index contributed by atoms with van der Waals surface area (Å²) >= 11 is 13.8. The molecule has 0 aliphatic heterocycles. The average molecular weight is 423 g/mol. The molecule has 0 bridgehead atoms. The minimum Gasteiger partial charge on any atom is -0.340 e. The van der Waals surface area contributed by atoms with Crippen molar-refractivity contribution in [1.82, 2.24) is 9.97 Å². The predicted octanol–water partition coefficient (Wildman–Crippen LogP) is 7.14. The maximum absolute atomic E-state index is 6.13. The van der Waals surface area contributed by atoms with Gasteiger partial charge in [-0.15, -0.1) is 23.7 Å². The summed E-state index contributed by atoms with van der Waals surface area (Å²) < 4.78 is 0. The van der Waals surface area contributed by atoms with E-state index in [0.29, 0.717) is 10.0 Å². The van der Waals surface area contributed by atoms with Gasteiger partial charge in [0.25, 0.3) is 0 Å². The second-order valence-corrected chi connectivity index (χ2v) is 7.57. The zero-order valence-corrected chi connectivity index (χ0v) is 16.8. The van der Waals surface area contributed by atoms with E-state index in [1.165, 1.54) is 4.88 Å². The Bertz CT molecular complexity index is 1060. The number of rotatable bonds is 3. The Hall–Kier alpha value is -1.85. The number of nitrogens with zero attached hydrogens (tertiary/aromatic N) is 2. The molecule has 0 saturated carbocycles. The van der Waals surface area contributed by atoms with E-state index >= 15 is 0 Å². The van der Waals surface area contributed by atoms with Crippen LogP contribution in [0.4, 0.5) is 11.5 Å². The largest absolute Gasteiger partial charge is 0.340 e. The van der Waals surface area contributed by atoms with Crippen molar-refractivity contribution in [2.45, 2.75) is 6.92 Å². The van der Waals surface area contributed by atoms with Crippen molar-refractivity contribution in [2.75, 3.05) is 5.32 Å². The molecule has 0 radical (unpaired) electrons. The number of aryl methyl sites for hydroxylation is 1. The number of fused-ring (bicyclic) bond motifs is 1. The monoisotopic (exact) mass is 421 g/mol. The van der Waals surface area contributed by atoms with Crippen molar-refractivity contribution in [3.63, 3.8) is 0 Å². The summed E-state index contributed by atoms with van der Waals surface area (Å²) in [6.07, 6.45) is 1.58. The van der Waals surface area contributed by atoms with Crippen LogP contribution in [0.15, 0.2) is 54.9 Å². The summed E-state index contributed by atoms with van der Waals surface area (Å²) in [6.45, 7) is 2.11. The first kappa shape index (κ1) is 18.9. The van der Waals surface area contributed by atoms with Gasteiger partial charge in [0.15, 0.2) is 0 Å². The third-order valence-electron chi connectivity index (χ3n) is 3.91. The van der Waals surface area contributed by atoms with Gasteiger partial charge in [0.1, 0.15) is 17.0 Å². The summed E-state index contributed by atoms with van der Waals surface area (Å²) in [5.74, 6) is 0.756. The highest BCUT2D eigenvalue weighted by Crippen LogP contribution is 2.41. The van der Waals surface area contributed by atoms with Gasteiger partial charge in [-0.1, -0.05) is 53.5 Å². The molecular formula is C19H14Cl3N3S. The van der Waals surface area contributed by atoms with Gasteiger partial charge >= 0.3 is 0 Å². The van der Waals surface area contributed by atoms with Crippen molar-refractivity contribution in [3.05, 3.63) is 69.8 Å². The van der Waals surface area contributed by atoms with Crippen LogP contribution in [-0.4, -0.2) is 9.97 Å². The smallest absolute Gasteiger partial charge is 0.143 e. The van der Waals surface area contributed by atoms with Crippen LogP contribution in [-0.2, 0) is 0 Å². The van der Waals surface area contributed by atoms with E-state index in [9.17, 15) is 0 Å². The Balaban J connectivity index is 0.00000196. The van der Waals surface area contributed by atoms with Crippen LogP contribution in [0.5, 0.6) is 0 Å². The molecule has 2 aromatic carbocycles. The van der Waals surface area contributed by atoms with Crippen LogP contribution in [0.25, 0.3) is 21.3 Å². The van der Waals surface area contributed by atoms with Gasteiger partial charge in [-0.05, 0) is 30.7 Å². The quantitative estimate of drug-likeness (QED) is 0.381. The van der Waals surface area contributed by atoms with Gasteiger partial charge in [0.05, 0.1) is 15.4 Å². The third kappa shape index (κ3) is 3.51. The maximum Gasteiger partial charge on any atom is 0.143 e. The number of aromatic nitrogens is 2. The molecule has 132 valence electrons. The fourth-order valence-electron chi connectivity index (χ4n) is 2.80. The van der Waals surface area contributed by atoms with Gasteiger partial charge in [-0.2, -0.15) is 0 Å². The lowest BCUT2D eigenvalue weighted by molar-refractivity contribution is 1.23.